The molecule has 2 amide bonds. The molecule has 0 aromatic carbocycles. The van der Waals surface area contributed by atoms with Crippen LogP contribution in [0.3, 0.4) is 0 Å². The van der Waals surface area contributed by atoms with Crippen LogP contribution in [-0.4, -0.2) is 58.0 Å². The highest BCUT2D eigenvalue weighted by molar-refractivity contribution is 5.89. The molecule has 8 nitrogen and oxygen atoms in total. The van der Waals surface area contributed by atoms with Crippen molar-refractivity contribution in [1.29, 1.82) is 0 Å². The SMILES string of the molecule is O=C(O)C[C@H](NC(=O)CN1CCCCCC1=O)C(=O)O. The molecule has 0 radical (unpaired) electrons. The van der Waals surface area contributed by atoms with Gasteiger partial charge >= 0.3 is 11.9 Å². The lowest BCUT2D eigenvalue weighted by Crippen LogP contribution is -2.47. The van der Waals surface area contributed by atoms with E-state index in [0.717, 1.165) is 19.3 Å². The molecule has 0 aliphatic carbocycles. The van der Waals surface area contributed by atoms with Gasteiger partial charge in [0.25, 0.3) is 0 Å². The van der Waals surface area contributed by atoms with Gasteiger partial charge in [0.05, 0.1) is 13.0 Å². The van der Waals surface area contributed by atoms with Crippen molar-refractivity contribution in [3.05, 3.63) is 0 Å². The summed E-state index contributed by atoms with van der Waals surface area (Å²) in [7, 11) is 0. The Kier molecular flexibility index (Phi) is 5.95. The zero-order valence-electron chi connectivity index (χ0n) is 11.0. The van der Waals surface area contributed by atoms with Crippen LogP contribution < -0.4 is 5.32 Å². The Balaban J connectivity index is 2.53. The van der Waals surface area contributed by atoms with E-state index in [1.807, 2.05) is 0 Å². The first-order chi connectivity index (χ1) is 9.40. The third kappa shape index (κ3) is 5.25. The minimum atomic E-state index is -1.48. The quantitative estimate of drug-likeness (QED) is 0.601. The lowest BCUT2D eigenvalue weighted by atomic mass is 10.2. The topological polar surface area (TPSA) is 124 Å². The molecular weight excluding hydrogens is 268 g/mol. The second-order valence-corrected chi connectivity index (χ2v) is 4.68. The lowest BCUT2D eigenvalue weighted by molar-refractivity contribution is -0.147. The first-order valence-electron chi connectivity index (χ1n) is 6.42. The molecule has 1 atom stereocenters. The maximum absolute atomic E-state index is 11.7. The molecule has 0 spiro atoms. The number of likely N-dealkylation sites (tertiary alicyclic amines) is 1. The zero-order valence-corrected chi connectivity index (χ0v) is 11.0. The first-order valence-corrected chi connectivity index (χ1v) is 6.42. The van der Waals surface area contributed by atoms with Gasteiger partial charge in [-0.05, 0) is 12.8 Å². The third-order valence-corrected chi connectivity index (χ3v) is 3.02. The fourth-order valence-electron chi connectivity index (χ4n) is 1.99. The average molecular weight is 286 g/mol. The van der Waals surface area contributed by atoms with Crippen molar-refractivity contribution in [3.8, 4) is 0 Å². The van der Waals surface area contributed by atoms with Gasteiger partial charge in [-0.25, -0.2) is 4.79 Å². The van der Waals surface area contributed by atoms with Crippen molar-refractivity contribution in [2.24, 2.45) is 0 Å². The van der Waals surface area contributed by atoms with E-state index in [1.165, 1.54) is 4.90 Å². The van der Waals surface area contributed by atoms with Crippen LogP contribution in [0.5, 0.6) is 0 Å². The van der Waals surface area contributed by atoms with Gasteiger partial charge in [-0.15, -0.1) is 0 Å². The number of hydrogen-bond donors (Lipinski definition) is 3. The van der Waals surface area contributed by atoms with Crippen LogP contribution in [0.4, 0.5) is 0 Å². The maximum atomic E-state index is 11.7. The van der Waals surface area contributed by atoms with Crippen LogP contribution in [0.2, 0.25) is 0 Å². The molecule has 1 heterocycles. The van der Waals surface area contributed by atoms with Crippen LogP contribution in [0.15, 0.2) is 0 Å². The Hall–Kier alpha value is -2.12. The van der Waals surface area contributed by atoms with Gasteiger partial charge in [-0.2, -0.15) is 0 Å². The minimum absolute atomic E-state index is 0.136. The Labute approximate surface area is 115 Å². The van der Waals surface area contributed by atoms with Crippen LogP contribution in [0, 0.1) is 0 Å². The molecule has 0 unspecified atom stereocenters. The molecule has 0 saturated carbocycles. The predicted molar refractivity (Wildman–Crippen MR) is 66.9 cm³/mol. The van der Waals surface area contributed by atoms with Crippen LogP contribution in [-0.2, 0) is 19.2 Å². The van der Waals surface area contributed by atoms with Crippen molar-refractivity contribution in [2.45, 2.75) is 38.1 Å². The van der Waals surface area contributed by atoms with Gasteiger partial charge in [0.2, 0.25) is 11.8 Å². The normalized spacial score (nSPS) is 17.2. The summed E-state index contributed by atoms with van der Waals surface area (Å²) >= 11 is 0. The van der Waals surface area contributed by atoms with Crippen molar-refractivity contribution < 1.29 is 29.4 Å². The van der Waals surface area contributed by atoms with Gasteiger partial charge in [0, 0.05) is 13.0 Å². The average Bonchev–Trinajstić information content (AvgIpc) is 2.53. The molecule has 1 rings (SSSR count). The summed E-state index contributed by atoms with van der Waals surface area (Å²) < 4.78 is 0. The Morgan fingerprint density at radius 1 is 1.20 bits per heavy atom. The summed E-state index contributed by atoms with van der Waals surface area (Å²) in [5.41, 5.74) is 0. The number of aliphatic carboxylic acids is 2. The lowest BCUT2D eigenvalue weighted by Gasteiger charge is -2.21. The van der Waals surface area contributed by atoms with E-state index in [4.69, 9.17) is 10.2 Å². The van der Waals surface area contributed by atoms with Gasteiger partial charge in [-0.3, -0.25) is 14.4 Å². The zero-order chi connectivity index (χ0) is 15.1. The second-order valence-electron chi connectivity index (χ2n) is 4.68. The molecular formula is C12H18N2O6. The largest absolute Gasteiger partial charge is 0.481 e. The Morgan fingerprint density at radius 3 is 2.50 bits per heavy atom. The van der Waals surface area contributed by atoms with Gasteiger partial charge in [0.1, 0.15) is 6.04 Å². The van der Waals surface area contributed by atoms with Crippen LogP contribution >= 0.6 is 0 Å². The molecule has 0 aromatic rings. The molecule has 0 aromatic heterocycles. The van der Waals surface area contributed by atoms with Crippen molar-refractivity contribution in [2.75, 3.05) is 13.1 Å². The first kappa shape index (κ1) is 15.9. The van der Waals surface area contributed by atoms with Crippen LogP contribution in [0.25, 0.3) is 0 Å². The molecule has 1 fully saturated rings. The summed E-state index contributed by atoms with van der Waals surface area (Å²) in [5.74, 6) is -3.52. The molecule has 8 heteroatoms. The number of nitrogens with zero attached hydrogens (tertiary/aromatic N) is 1. The van der Waals surface area contributed by atoms with E-state index in [0.29, 0.717) is 13.0 Å². The highest BCUT2D eigenvalue weighted by Crippen LogP contribution is 2.10. The van der Waals surface area contributed by atoms with E-state index >= 15 is 0 Å². The van der Waals surface area contributed by atoms with Gasteiger partial charge in [-0.1, -0.05) is 6.42 Å². The van der Waals surface area contributed by atoms with E-state index in [2.05, 4.69) is 5.32 Å². The third-order valence-electron chi connectivity index (χ3n) is 3.02. The fraction of sp³-hybridized carbons (Fsp3) is 0.667. The Bertz CT molecular complexity index is 409. The van der Waals surface area contributed by atoms with E-state index in [-0.39, 0.29) is 12.5 Å². The summed E-state index contributed by atoms with van der Waals surface area (Å²) in [6.07, 6.45) is 2.19. The monoisotopic (exact) mass is 286 g/mol. The predicted octanol–water partition coefficient (Wildman–Crippen LogP) is -0.567. The van der Waals surface area contributed by atoms with E-state index < -0.39 is 30.3 Å². The smallest absolute Gasteiger partial charge is 0.326 e. The highest BCUT2D eigenvalue weighted by atomic mass is 16.4. The standard InChI is InChI=1S/C12H18N2O6/c15-9(13-8(12(19)20)6-11(17)18)7-14-5-3-1-2-4-10(14)16/h8H,1-7H2,(H,13,15)(H,17,18)(H,19,20)/t8-/m0/s1. The van der Waals surface area contributed by atoms with Crippen molar-refractivity contribution in [3.63, 3.8) is 0 Å². The molecule has 3 N–H and O–H groups in total. The number of nitrogens with one attached hydrogen (secondary N) is 1. The number of carbonyl (C=O) groups excluding carboxylic acids is 2. The molecule has 112 valence electrons. The molecule has 1 aliphatic rings. The summed E-state index contributed by atoms with van der Waals surface area (Å²) in [6, 6.07) is -1.48. The number of hydrogen-bond acceptors (Lipinski definition) is 4. The van der Waals surface area contributed by atoms with Crippen molar-refractivity contribution in [1.82, 2.24) is 10.2 Å². The highest BCUT2D eigenvalue weighted by Gasteiger charge is 2.25. The van der Waals surface area contributed by atoms with E-state index in [9.17, 15) is 19.2 Å². The summed E-state index contributed by atoms with van der Waals surface area (Å²) in [4.78, 5) is 46.1. The van der Waals surface area contributed by atoms with Crippen LogP contribution in [0.1, 0.15) is 32.1 Å². The number of carbonyl (C=O) groups is 4. The molecule has 0 bridgehead atoms. The van der Waals surface area contributed by atoms with Gasteiger partial charge < -0.3 is 20.4 Å². The second kappa shape index (κ2) is 7.46. The van der Waals surface area contributed by atoms with Crippen molar-refractivity contribution >= 4 is 23.8 Å². The van der Waals surface area contributed by atoms with Gasteiger partial charge in [0.15, 0.2) is 0 Å². The molecule has 20 heavy (non-hydrogen) atoms. The fourth-order valence-corrected chi connectivity index (χ4v) is 1.99. The number of amides is 2. The van der Waals surface area contributed by atoms with E-state index in [1.54, 1.807) is 0 Å². The number of carboxylic acid groups (broad SMARTS) is 2. The maximum Gasteiger partial charge on any atom is 0.326 e. The summed E-state index contributed by atoms with van der Waals surface area (Å²) in [6.45, 7) is 0.227. The number of carboxylic acids is 2. The summed E-state index contributed by atoms with van der Waals surface area (Å²) in [5, 5.41) is 19.5. The minimum Gasteiger partial charge on any atom is -0.481 e. The number of rotatable bonds is 6. The molecule has 1 aliphatic heterocycles. The Morgan fingerprint density at radius 2 is 1.90 bits per heavy atom. The molecule has 1 saturated heterocycles.